The Kier molecular flexibility index (Phi) is 2.45. The van der Waals surface area contributed by atoms with Crippen LogP contribution in [0.5, 0.6) is 0 Å². The number of hydrogen-bond donors (Lipinski definition) is 0. The highest BCUT2D eigenvalue weighted by Gasteiger charge is 1.99. The van der Waals surface area contributed by atoms with E-state index in [9.17, 15) is 0 Å². The second-order valence-electron chi connectivity index (χ2n) is 3.53. The third-order valence-corrected chi connectivity index (χ3v) is 2.46. The molecule has 1 aromatic heterocycles. The number of aryl methyl sites for hydroxylation is 1. The van der Waals surface area contributed by atoms with Gasteiger partial charge in [0.05, 0.1) is 0 Å². The van der Waals surface area contributed by atoms with Crippen molar-refractivity contribution in [1.29, 1.82) is 10.5 Å². The molecule has 2 rings (SSSR count). The Morgan fingerprint density at radius 2 is 2.00 bits per heavy atom. The number of allylic oxidation sites excluding steroid dienone is 1. The lowest BCUT2D eigenvalue weighted by atomic mass is 10.1. The first-order chi connectivity index (χ1) is 7.74. The van der Waals surface area contributed by atoms with Gasteiger partial charge in [0.25, 0.3) is 0 Å². The van der Waals surface area contributed by atoms with Gasteiger partial charge in [0, 0.05) is 24.1 Å². The smallest absolute Gasteiger partial charge is 0.130 e. The summed E-state index contributed by atoms with van der Waals surface area (Å²) in [5.74, 6) is 0. The lowest BCUT2D eigenvalue weighted by molar-refractivity contribution is 0.969. The van der Waals surface area contributed by atoms with Crippen molar-refractivity contribution in [3.8, 4) is 12.1 Å². The van der Waals surface area contributed by atoms with E-state index in [2.05, 4.69) is 0 Å². The van der Waals surface area contributed by atoms with Gasteiger partial charge >= 0.3 is 0 Å². The lowest BCUT2D eigenvalue weighted by Gasteiger charge is -1.97. The Hall–Kier alpha value is -2.52. The third-order valence-electron chi connectivity index (χ3n) is 2.46. The molecule has 3 nitrogen and oxygen atoms in total. The molecule has 0 aliphatic rings. The van der Waals surface area contributed by atoms with Crippen LogP contribution in [-0.2, 0) is 7.05 Å². The molecule has 0 saturated heterocycles. The molecule has 1 aromatic carbocycles. The quantitative estimate of drug-likeness (QED) is 0.675. The van der Waals surface area contributed by atoms with Gasteiger partial charge in [-0.05, 0) is 29.8 Å². The molecule has 0 aliphatic heterocycles. The minimum Gasteiger partial charge on any atom is -0.351 e. The van der Waals surface area contributed by atoms with Crippen molar-refractivity contribution < 1.29 is 0 Å². The maximum atomic E-state index is 8.66. The van der Waals surface area contributed by atoms with Crippen molar-refractivity contribution in [2.24, 2.45) is 7.05 Å². The lowest BCUT2D eigenvalue weighted by Crippen LogP contribution is -1.83. The zero-order valence-corrected chi connectivity index (χ0v) is 8.81. The van der Waals surface area contributed by atoms with Gasteiger partial charge in [-0.25, -0.2) is 0 Å². The maximum Gasteiger partial charge on any atom is 0.130 e. The van der Waals surface area contributed by atoms with Crippen molar-refractivity contribution >= 4 is 17.0 Å². The Morgan fingerprint density at radius 3 is 2.69 bits per heavy atom. The van der Waals surface area contributed by atoms with Gasteiger partial charge in [0.15, 0.2) is 0 Å². The van der Waals surface area contributed by atoms with Gasteiger partial charge in [-0.3, -0.25) is 0 Å². The standard InChI is InChI=1S/C13H9N3/c1-16-5-4-12-7-10(2-3-13(12)16)6-11(8-14)9-15/h2-7H,1H3. The Morgan fingerprint density at radius 1 is 1.25 bits per heavy atom. The number of rotatable bonds is 1. The number of benzene rings is 1. The van der Waals surface area contributed by atoms with Crippen LogP contribution in [0.15, 0.2) is 36.0 Å². The van der Waals surface area contributed by atoms with Crippen LogP contribution in [0, 0.1) is 22.7 Å². The molecular weight excluding hydrogens is 198 g/mol. The monoisotopic (exact) mass is 207 g/mol. The Bertz CT molecular complexity index is 632. The summed E-state index contributed by atoms with van der Waals surface area (Å²) in [6, 6.07) is 11.5. The Labute approximate surface area is 93.5 Å². The van der Waals surface area contributed by atoms with Crippen LogP contribution < -0.4 is 0 Å². The van der Waals surface area contributed by atoms with Crippen LogP contribution in [0.3, 0.4) is 0 Å². The van der Waals surface area contributed by atoms with E-state index in [-0.39, 0.29) is 5.57 Å². The summed E-state index contributed by atoms with van der Waals surface area (Å²) < 4.78 is 2.03. The fraction of sp³-hybridized carbons (Fsp3) is 0.0769. The summed E-state index contributed by atoms with van der Waals surface area (Å²) in [5, 5.41) is 18.4. The highest BCUT2D eigenvalue weighted by Crippen LogP contribution is 2.18. The van der Waals surface area contributed by atoms with Gasteiger partial charge in [0.1, 0.15) is 17.7 Å². The minimum absolute atomic E-state index is 0.121. The van der Waals surface area contributed by atoms with Gasteiger partial charge in [0.2, 0.25) is 0 Å². The fourth-order valence-electron chi connectivity index (χ4n) is 1.65. The minimum atomic E-state index is 0.121. The van der Waals surface area contributed by atoms with E-state index in [1.807, 2.05) is 54.2 Å². The molecule has 1 heterocycles. The SMILES string of the molecule is Cn1ccc2cc(C=C(C#N)C#N)ccc21. The first kappa shape index (κ1) is 10.0. The summed E-state index contributed by atoms with van der Waals surface area (Å²) in [5.41, 5.74) is 2.12. The molecule has 0 saturated carbocycles. The van der Waals surface area contributed by atoms with Crippen molar-refractivity contribution in [2.45, 2.75) is 0 Å². The number of nitrogens with zero attached hydrogens (tertiary/aromatic N) is 3. The van der Waals surface area contributed by atoms with Crippen molar-refractivity contribution in [3.63, 3.8) is 0 Å². The van der Waals surface area contributed by atoms with Gasteiger partial charge in [-0.2, -0.15) is 10.5 Å². The number of fused-ring (bicyclic) bond motifs is 1. The summed E-state index contributed by atoms with van der Waals surface area (Å²) in [6.45, 7) is 0. The molecule has 0 bridgehead atoms. The topological polar surface area (TPSA) is 52.5 Å². The van der Waals surface area contributed by atoms with E-state index in [4.69, 9.17) is 10.5 Å². The molecular formula is C13H9N3. The van der Waals surface area contributed by atoms with Crippen LogP contribution in [0.25, 0.3) is 17.0 Å². The zero-order valence-electron chi connectivity index (χ0n) is 8.81. The molecule has 16 heavy (non-hydrogen) atoms. The molecule has 0 atom stereocenters. The van der Waals surface area contributed by atoms with E-state index >= 15 is 0 Å². The summed E-state index contributed by atoms with van der Waals surface area (Å²) in [7, 11) is 1.98. The predicted octanol–water partition coefficient (Wildman–Crippen LogP) is 2.61. The number of hydrogen-bond acceptors (Lipinski definition) is 2. The molecule has 0 radical (unpaired) electrons. The highest BCUT2D eigenvalue weighted by molar-refractivity contribution is 5.83. The summed E-state index contributed by atoms with van der Waals surface area (Å²) in [4.78, 5) is 0. The maximum absolute atomic E-state index is 8.66. The van der Waals surface area contributed by atoms with Crippen LogP contribution in [0.2, 0.25) is 0 Å². The van der Waals surface area contributed by atoms with E-state index in [1.54, 1.807) is 6.08 Å². The second-order valence-corrected chi connectivity index (χ2v) is 3.53. The van der Waals surface area contributed by atoms with Crippen molar-refractivity contribution in [2.75, 3.05) is 0 Å². The van der Waals surface area contributed by atoms with E-state index in [0.29, 0.717) is 0 Å². The molecule has 0 unspecified atom stereocenters. The first-order valence-corrected chi connectivity index (χ1v) is 4.81. The van der Waals surface area contributed by atoms with Crippen LogP contribution >= 0.6 is 0 Å². The summed E-state index contributed by atoms with van der Waals surface area (Å²) >= 11 is 0. The normalized spacial score (nSPS) is 9.44. The van der Waals surface area contributed by atoms with E-state index in [0.717, 1.165) is 16.5 Å². The first-order valence-electron chi connectivity index (χ1n) is 4.81. The molecule has 3 heteroatoms. The molecule has 76 valence electrons. The molecule has 0 amide bonds. The van der Waals surface area contributed by atoms with Crippen molar-refractivity contribution in [1.82, 2.24) is 4.57 Å². The van der Waals surface area contributed by atoms with Crippen molar-refractivity contribution in [3.05, 3.63) is 41.6 Å². The molecule has 0 N–H and O–H groups in total. The zero-order chi connectivity index (χ0) is 11.5. The second kappa shape index (κ2) is 3.92. The highest BCUT2D eigenvalue weighted by atomic mass is 14.9. The van der Waals surface area contributed by atoms with Gasteiger partial charge in [-0.15, -0.1) is 0 Å². The third kappa shape index (κ3) is 1.67. The largest absolute Gasteiger partial charge is 0.351 e. The number of nitriles is 2. The van der Waals surface area contributed by atoms with Crippen LogP contribution in [-0.4, -0.2) is 4.57 Å². The molecule has 0 aliphatic carbocycles. The molecule has 2 aromatic rings. The van der Waals surface area contributed by atoms with Crippen LogP contribution in [0.1, 0.15) is 5.56 Å². The van der Waals surface area contributed by atoms with Gasteiger partial charge in [-0.1, -0.05) is 6.07 Å². The number of aromatic nitrogens is 1. The van der Waals surface area contributed by atoms with E-state index < -0.39 is 0 Å². The average molecular weight is 207 g/mol. The van der Waals surface area contributed by atoms with Crippen LogP contribution in [0.4, 0.5) is 0 Å². The van der Waals surface area contributed by atoms with E-state index in [1.165, 1.54) is 0 Å². The van der Waals surface area contributed by atoms with Gasteiger partial charge < -0.3 is 4.57 Å². The summed E-state index contributed by atoms with van der Waals surface area (Å²) in [6.07, 6.45) is 3.57. The average Bonchev–Trinajstić information content (AvgIpc) is 2.68. The fourth-order valence-corrected chi connectivity index (χ4v) is 1.65. The molecule has 0 spiro atoms. The Balaban J connectivity index is 2.54. The predicted molar refractivity (Wildman–Crippen MR) is 62.1 cm³/mol. The molecule has 0 fully saturated rings.